The molecule has 0 aliphatic carbocycles. The van der Waals surface area contributed by atoms with E-state index in [0.29, 0.717) is 17.3 Å². The van der Waals surface area contributed by atoms with Crippen LogP contribution in [0.5, 0.6) is 0 Å². The normalized spacial score (nSPS) is 14.8. The van der Waals surface area contributed by atoms with Gasteiger partial charge in [0.05, 0.1) is 27.0 Å². The first-order chi connectivity index (χ1) is 15.7. The van der Waals surface area contributed by atoms with E-state index in [1.54, 1.807) is 18.2 Å². The number of hydrogen-bond acceptors (Lipinski definition) is 7. The first-order valence-corrected chi connectivity index (χ1v) is 10.5. The Labute approximate surface area is 195 Å². The van der Waals surface area contributed by atoms with Crippen LogP contribution in [0.25, 0.3) is 17.4 Å². The molecular weight excluding hydrogens is 472 g/mol. The van der Waals surface area contributed by atoms with Crippen molar-refractivity contribution in [1.29, 1.82) is 0 Å². The van der Waals surface area contributed by atoms with Crippen LogP contribution in [-0.4, -0.2) is 32.0 Å². The van der Waals surface area contributed by atoms with Crippen molar-refractivity contribution in [3.63, 3.8) is 0 Å². The Kier molecular flexibility index (Phi) is 6.03. The number of amides is 2. The Bertz CT molecular complexity index is 1350. The largest absolute Gasteiger partial charge is 0.478 e. The number of para-hydroxylation sites is 1. The summed E-state index contributed by atoms with van der Waals surface area (Å²) in [6.45, 7) is -0.236. The third-order valence-electron chi connectivity index (χ3n) is 4.77. The Balaban J connectivity index is 1.58. The van der Waals surface area contributed by atoms with E-state index >= 15 is 0 Å². The molecule has 0 unspecified atom stereocenters. The summed E-state index contributed by atoms with van der Waals surface area (Å²) in [7, 11) is 0. The number of nitro groups is 1. The maximum absolute atomic E-state index is 12.8. The molecule has 4 rings (SSSR count). The number of carboxylic acids is 1. The van der Waals surface area contributed by atoms with Gasteiger partial charge in [-0.25, -0.2) is 4.79 Å². The van der Waals surface area contributed by atoms with E-state index < -0.39 is 22.0 Å². The first-order valence-electron chi connectivity index (χ1n) is 9.35. The molecule has 9 nitrogen and oxygen atoms in total. The zero-order valence-electron chi connectivity index (χ0n) is 16.6. The molecule has 1 aliphatic rings. The number of benzene rings is 2. The summed E-state index contributed by atoms with van der Waals surface area (Å²) in [6.07, 6.45) is 1.38. The number of carbonyl (C=O) groups excluding carboxylic acids is 2. The number of carboxylic acid groups (broad SMARTS) is 1. The van der Waals surface area contributed by atoms with Gasteiger partial charge in [-0.05, 0) is 42.1 Å². The van der Waals surface area contributed by atoms with Crippen LogP contribution in [0.3, 0.4) is 0 Å². The molecular formula is C22H13ClN2O7S. The van der Waals surface area contributed by atoms with Crippen molar-refractivity contribution < 1.29 is 28.8 Å². The van der Waals surface area contributed by atoms with Gasteiger partial charge in [0, 0.05) is 23.3 Å². The Morgan fingerprint density at radius 2 is 1.94 bits per heavy atom. The van der Waals surface area contributed by atoms with Gasteiger partial charge in [-0.15, -0.1) is 0 Å². The van der Waals surface area contributed by atoms with Crippen LogP contribution in [0.2, 0.25) is 5.02 Å². The van der Waals surface area contributed by atoms with Crippen molar-refractivity contribution in [3.8, 4) is 11.3 Å². The molecule has 2 aromatic carbocycles. The van der Waals surface area contributed by atoms with E-state index in [4.69, 9.17) is 16.0 Å². The molecule has 0 saturated carbocycles. The van der Waals surface area contributed by atoms with Crippen LogP contribution in [0.15, 0.2) is 63.9 Å². The predicted molar refractivity (Wildman–Crippen MR) is 121 cm³/mol. The number of hydrogen-bond donors (Lipinski definition) is 1. The van der Waals surface area contributed by atoms with Gasteiger partial charge < -0.3 is 9.52 Å². The topological polar surface area (TPSA) is 131 Å². The minimum Gasteiger partial charge on any atom is -0.478 e. The van der Waals surface area contributed by atoms with Gasteiger partial charge in [0.2, 0.25) is 0 Å². The highest BCUT2D eigenvalue weighted by Crippen LogP contribution is 2.36. The molecule has 1 fully saturated rings. The van der Waals surface area contributed by atoms with Crippen molar-refractivity contribution in [2.24, 2.45) is 0 Å². The first kappa shape index (κ1) is 22.3. The second-order valence-electron chi connectivity index (χ2n) is 6.86. The predicted octanol–water partition coefficient (Wildman–Crippen LogP) is 5.44. The Hall–Kier alpha value is -3.89. The number of aromatic carboxylic acids is 1. The number of carbonyl (C=O) groups is 3. The van der Waals surface area contributed by atoms with Gasteiger partial charge in [0.25, 0.3) is 16.8 Å². The summed E-state index contributed by atoms with van der Waals surface area (Å²) in [5.74, 6) is -1.19. The van der Waals surface area contributed by atoms with Crippen LogP contribution in [0.1, 0.15) is 21.7 Å². The fourth-order valence-electron chi connectivity index (χ4n) is 3.18. The van der Waals surface area contributed by atoms with Crippen molar-refractivity contribution in [2.75, 3.05) is 0 Å². The average molecular weight is 485 g/mol. The highest BCUT2D eigenvalue weighted by molar-refractivity contribution is 8.18. The molecule has 1 N–H and O–H groups in total. The maximum atomic E-state index is 12.8. The summed E-state index contributed by atoms with van der Waals surface area (Å²) in [5.41, 5.74) is 0.445. The van der Waals surface area contributed by atoms with Crippen LogP contribution < -0.4 is 0 Å². The molecule has 0 spiro atoms. The summed E-state index contributed by atoms with van der Waals surface area (Å²) in [6, 6.07) is 13.2. The maximum Gasteiger partial charge on any atom is 0.335 e. The molecule has 0 atom stereocenters. The van der Waals surface area contributed by atoms with E-state index in [1.807, 2.05) is 0 Å². The highest BCUT2D eigenvalue weighted by atomic mass is 35.5. The second kappa shape index (κ2) is 8.93. The van der Waals surface area contributed by atoms with Crippen LogP contribution in [0.4, 0.5) is 10.5 Å². The molecule has 166 valence electrons. The molecule has 1 aliphatic heterocycles. The van der Waals surface area contributed by atoms with Crippen molar-refractivity contribution in [1.82, 2.24) is 4.90 Å². The fourth-order valence-corrected chi connectivity index (χ4v) is 4.21. The smallest absolute Gasteiger partial charge is 0.335 e. The molecule has 1 aromatic heterocycles. The number of halogens is 1. The van der Waals surface area contributed by atoms with Crippen LogP contribution >= 0.6 is 23.4 Å². The van der Waals surface area contributed by atoms with Gasteiger partial charge in [0.15, 0.2) is 0 Å². The van der Waals surface area contributed by atoms with Crippen molar-refractivity contribution in [2.45, 2.75) is 6.54 Å². The number of furan rings is 1. The van der Waals surface area contributed by atoms with E-state index in [-0.39, 0.29) is 44.8 Å². The quantitative estimate of drug-likeness (QED) is 0.278. The molecule has 3 aromatic rings. The summed E-state index contributed by atoms with van der Waals surface area (Å²) in [4.78, 5) is 48.0. The van der Waals surface area contributed by atoms with Gasteiger partial charge in [-0.1, -0.05) is 29.8 Å². The molecule has 33 heavy (non-hydrogen) atoms. The summed E-state index contributed by atoms with van der Waals surface area (Å²) >= 11 is 6.85. The Morgan fingerprint density at radius 3 is 2.67 bits per heavy atom. The third-order valence-corrected chi connectivity index (χ3v) is 6.01. The molecule has 1 saturated heterocycles. The number of rotatable bonds is 6. The lowest BCUT2D eigenvalue weighted by molar-refractivity contribution is -0.385. The molecule has 11 heteroatoms. The summed E-state index contributed by atoms with van der Waals surface area (Å²) in [5, 5.41) is 20.1. The SMILES string of the molecule is O=C(O)c1ccc(Cl)c(-c2ccc(/C=C3/SC(=O)N(Cc4ccccc4[N+](=O)[O-])C3=O)o2)c1. The molecule has 0 radical (unpaired) electrons. The Morgan fingerprint density at radius 1 is 1.18 bits per heavy atom. The fraction of sp³-hybridized carbons (Fsp3) is 0.0455. The molecule has 0 bridgehead atoms. The lowest BCUT2D eigenvalue weighted by Gasteiger charge is -2.12. The number of thioether (sulfide) groups is 1. The molecule has 2 amide bonds. The number of nitrogens with zero attached hydrogens (tertiary/aromatic N) is 2. The van der Waals surface area contributed by atoms with E-state index in [0.717, 1.165) is 4.90 Å². The molecule has 2 heterocycles. The summed E-state index contributed by atoms with van der Waals surface area (Å²) < 4.78 is 5.70. The average Bonchev–Trinajstić information content (AvgIpc) is 3.34. The minimum atomic E-state index is -1.12. The van der Waals surface area contributed by atoms with Gasteiger partial charge in [-0.3, -0.25) is 24.6 Å². The monoisotopic (exact) mass is 484 g/mol. The van der Waals surface area contributed by atoms with Crippen molar-refractivity contribution in [3.05, 3.63) is 91.5 Å². The van der Waals surface area contributed by atoms with E-state index in [1.165, 1.54) is 42.5 Å². The van der Waals surface area contributed by atoms with Crippen LogP contribution in [0, 0.1) is 10.1 Å². The van der Waals surface area contributed by atoms with Gasteiger partial charge in [-0.2, -0.15) is 0 Å². The van der Waals surface area contributed by atoms with Crippen molar-refractivity contribution >= 4 is 52.2 Å². The number of imide groups is 1. The van der Waals surface area contributed by atoms with E-state index in [2.05, 4.69) is 0 Å². The van der Waals surface area contributed by atoms with Gasteiger partial charge >= 0.3 is 5.97 Å². The standard InChI is InChI=1S/C22H13ClN2O7S/c23-16-7-5-12(21(27)28)9-15(16)18-8-6-14(32-18)10-19-20(26)24(22(29)33-19)11-13-3-1-2-4-17(13)25(30)31/h1-10H,11H2,(H,27,28)/b19-10+. The second-order valence-corrected chi connectivity index (χ2v) is 8.26. The zero-order valence-corrected chi connectivity index (χ0v) is 18.1. The lowest BCUT2D eigenvalue weighted by atomic mass is 10.1. The third kappa shape index (κ3) is 4.52. The van der Waals surface area contributed by atoms with Gasteiger partial charge in [0.1, 0.15) is 11.5 Å². The minimum absolute atomic E-state index is 0.0310. The van der Waals surface area contributed by atoms with Crippen LogP contribution in [-0.2, 0) is 11.3 Å². The zero-order chi connectivity index (χ0) is 23.7. The lowest BCUT2D eigenvalue weighted by Crippen LogP contribution is -2.27. The highest BCUT2D eigenvalue weighted by Gasteiger charge is 2.36. The number of nitro benzene ring substituents is 1. The van der Waals surface area contributed by atoms with E-state index in [9.17, 15) is 29.6 Å².